The van der Waals surface area contributed by atoms with Crippen molar-refractivity contribution in [2.75, 3.05) is 18.1 Å². The molecule has 2 aliphatic rings. The van der Waals surface area contributed by atoms with E-state index >= 15 is 0 Å². The molecule has 0 radical (unpaired) electrons. The third-order valence-electron chi connectivity index (χ3n) is 5.17. The molecule has 6 heteroatoms. The van der Waals surface area contributed by atoms with E-state index in [1.165, 1.54) is 4.88 Å². The number of dihydropyridines is 1. The summed E-state index contributed by atoms with van der Waals surface area (Å²) in [4.78, 5) is 28.4. The lowest BCUT2D eigenvalue weighted by Gasteiger charge is -2.39. The normalized spacial score (nSPS) is 21.5. The summed E-state index contributed by atoms with van der Waals surface area (Å²) in [6.45, 7) is 10.7. The Morgan fingerprint density at radius 3 is 2.71 bits per heavy atom. The lowest BCUT2D eigenvalue weighted by molar-refractivity contribution is -0.138. The van der Waals surface area contributed by atoms with Gasteiger partial charge in [-0.3, -0.25) is 4.79 Å². The molecule has 28 heavy (non-hydrogen) atoms. The van der Waals surface area contributed by atoms with Crippen LogP contribution in [0.15, 0.2) is 34.7 Å². The monoisotopic (exact) mass is 419 g/mol. The molecule has 0 bridgehead atoms. The Balaban J connectivity index is 1.99. The average molecular weight is 420 g/mol. The molecule has 1 N–H and O–H groups in total. The highest BCUT2D eigenvalue weighted by atomic mass is 32.2. The second-order valence-corrected chi connectivity index (χ2v) is 10.9. The molecule has 1 aliphatic heterocycles. The number of aryl methyl sites for hydroxylation is 1. The zero-order valence-corrected chi connectivity index (χ0v) is 18.9. The summed E-state index contributed by atoms with van der Waals surface area (Å²) >= 11 is 3.39. The molecular weight excluding hydrogens is 390 g/mol. The summed E-state index contributed by atoms with van der Waals surface area (Å²) in [7, 11) is 0. The van der Waals surface area contributed by atoms with E-state index in [1.54, 1.807) is 23.1 Å². The summed E-state index contributed by atoms with van der Waals surface area (Å²) in [5.74, 6) is 1.27. The smallest absolute Gasteiger partial charge is 0.336 e. The van der Waals surface area contributed by atoms with Gasteiger partial charge in [0.05, 0.1) is 11.5 Å². The van der Waals surface area contributed by atoms with Crippen LogP contribution in [0.4, 0.5) is 0 Å². The van der Waals surface area contributed by atoms with Crippen LogP contribution in [-0.4, -0.2) is 29.9 Å². The van der Waals surface area contributed by atoms with Gasteiger partial charge in [-0.1, -0.05) is 20.8 Å². The van der Waals surface area contributed by atoms with Crippen molar-refractivity contribution in [1.29, 1.82) is 0 Å². The first kappa shape index (κ1) is 21.2. The number of rotatable bonds is 6. The standard InChI is InChI=1S/C22H29NO3S2/c1-6-27-10-9-26-21(25)18-14(3)23-15-11-22(4,5)12-16(24)19(15)20(18)17-8-7-13(2)28-17/h7-8,20,23H,6,9-12H2,1-5H3. The van der Waals surface area contributed by atoms with Crippen molar-refractivity contribution >= 4 is 34.9 Å². The fourth-order valence-electron chi connectivity index (χ4n) is 4.02. The predicted octanol–water partition coefficient (Wildman–Crippen LogP) is 4.96. The zero-order chi connectivity index (χ0) is 20.5. The molecule has 4 nitrogen and oxygen atoms in total. The van der Waals surface area contributed by atoms with E-state index in [1.807, 2.05) is 19.9 Å². The van der Waals surface area contributed by atoms with Gasteiger partial charge in [0.1, 0.15) is 6.61 Å². The second-order valence-electron chi connectivity index (χ2n) is 8.21. The van der Waals surface area contributed by atoms with Crippen LogP contribution in [0.1, 0.15) is 56.2 Å². The van der Waals surface area contributed by atoms with Gasteiger partial charge in [0.15, 0.2) is 5.78 Å². The molecule has 1 aromatic heterocycles. The molecule has 0 saturated carbocycles. The van der Waals surface area contributed by atoms with Gasteiger partial charge in [0, 0.05) is 38.9 Å². The van der Waals surface area contributed by atoms with E-state index in [9.17, 15) is 9.59 Å². The van der Waals surface area contributed by atoms with Gasteiger partial charge in [-0.2, -0.15) is 11.8 Å². The molecule has 2 heterocycles. The van der Waals surface area contributed by atoms with Crippen LogP contribution in [0.3, 0.4) is 0 Å². The number of ketones is 1. The number of carbonyl (C=O) groups is 2. The maximum absolute atomic E-state index is 13.1. The number of hydrogen-bond acceptors (Lipinski definition) is 6. The predicted molar refractivity (Wildman–Crippen MR) is 117 cm³/mol. The molecule has 1 unspecified atom stereocenters. The summed E-state index contributed by atoms with van der Waals surface area (Å²) in [5.41, 5.74) is 3.02. The van der Waals surface area contributed by atoms with Crippen molar-refractivity contribution in [3.63, 3.8) is 0 Å². The lowest BCUT2D eigenvalue weighted by Crippen LogP contribution is -2.38. The highest BCUT2D eigenvalue weighted by Crippen LogP contribution is 2.48. The summed E-state index contributed by atoms with van der Waals surface area (Å²) in [5, 5.41) is 3.38. The van der Waals surface area contributed by atoms with Crippen LogP contribution in [0.2, 0.25) is 0 Å². The SMILES string of the molecule is CCSCCOC(=O)C1=C(C)NC2=C(C(=O)CC(C)(C)C2)C1c1ccc(C)s1. The van der Waals surface area contributed by atoms with E-state index in [4.69, 9.17) is 4.74 Å². The maximum atomic E-state index is 13.1. The van der Waals surface area contributed by atoms with E-state index in [-0.39, 0.29) is 23.1 Å². The molecule has 152 valence electrons. The van der Waals surface area contributed by atoms with Gasteiger partial charge in [-0.05, 0) is 43.6 Å². The van der Waals surface area contributed by atoms with Crippen LogP contribution in [-0.2, 0) is 14.3 Å². The molecule has 1 atom stereocenters. The number of thioether (sulfide) groups is 1. The summed E-state index contributed by atoms with van der Waals surface area (Å²) in [6.07, 6.45) is 1.31. The first-order valence-corrected chi connectivity index (χ1v) is 11.8. The van der Waals surface area contributed by atoms with Gasteiger partial charge in [-0.15, -0.1) is 11.3 Å². The average Bonchev–Trinajstić information content (AvgIpc) is 3.02. The summed E-state index contributed by atoms with van der Waals surface area (Å²) < 4.78 is 5.58. The van der Waals surface area contributed by atoms with E-state index < -0.39 is 0 Å². The molecule has 3 rings (SSSR count). The molecular formula is C22H29NO3S2. The number of allylic oxidation sites excluding steroid dienone is 3. The Kier molecular flexibility index (Phi) is 6.40. The number of nitrogens with one attached hydrogen (secondary N) is 1. The number of carbonyl (C=O) groups excluding carboxylic acids is 2. The number of esters is 1. The minimum atomic E-state index is -0.329. The van der Waals surface area contributed by atoms with E-state index in [0.717, 1.165) is 39.8 Å². The topological polar surface area (TPSA) is 55.4 Å². The van der Waals surface area contributed by atoms with Crippen LogP contribution in [0.5, 0.6) is 0 Å². The van der Waals surface area contributed by atoms with Gasteiger partial charge >= 0.3 is 5.97 Å². The Labute approximate surface area is 175 Å². The minimum absolute atomic E-state index is 0.0749. The van der Waals surface area contributed by atoms with E-state index in [2.05, 4.69) is 32.2 Å². The molecule has 1 aliphatic carbocycles. The molecule has 1 aromatic rings. The fourth-order valence-corrected chi connectivity index (χ4v) is 5.50. The minimum Gasteiger partial charge on any atom is -0.461 e. The van der Waals surface area contributed by atoms with Crippen molar-refractivity contribution in [3.05, 3.63) is 44.4 Å². The quantitative estimate of drug-likeness (QED) is 0.522. The van der Waals surface area contributed by atoms with Crippen molar-refractivity contribution in [2.45, 2.75) is 53.4 Å². The molecule has 0 fully saturated rings. The Morgan fingerprint density at radius 2 is 2.07 bits per heavy atom. The molecule has 0 amide bonds. The number of ether oxygens (including phenoxy) is 1. The third-order valence-corrected chi connectivity index (χ3v) is 7.10. The summed E-state index contributed by atoms with van der Waals surface area (Å²) in [6, 6.07) is 4.09. The van der Waals surface area contributed by atoms with Crippen molar-refractivity contribution in [1.82, 2.24) is 5.32 Å². The van der Waals surface area contributed by atoms with Crippen LogP contribution >= 0.6 is 23.1 Å². The highest BCUT2D eigenvalue weighted by Gasteiger charge is 2.43. The first-order valence-electron chi connectivity index (χ1n) is 9.78. The van der Waals surface area contributed by atoms with Crippen LogP contribution in [0.25, 0.3) is 0 Å². The van der Waals surface area contributed by atoms with Gasteiger partial charge < -0.3 is 10.1 Å². The Morgan fingerprint density at radius 1 is 1.32 bits per heavy atom. The van der Waals surface area contributed by atoms with Crippen molar-refractivity contribution < 1.29 is 14.3 Å². The largest absolute Gasteiger partial charge is 0.461 e. The fraction of sp³-hybridized carbons (Fsp3) is 0.545. The Bertz CT molecular complexity index is 848. The number of hydrogen-bond donors (Lipinski definition) is 1. The maximum Gasteiger partial charge on any atom is 0.336 e. The zero-order valence-electron chi connectivity index (χ0n) is 17.3. The van der Waals surface area contributed by atoms with Gasteiger partial charge in [-0.25, -0.2) is 4.79 Å². The van der Waals surface area contributed by atoms with Crippen molar-refractivity contribution in [2.24, 2.45) is 5.41 Å². The lowest BCUT2D eigenvalue weighted by atomic mass is 9.70. The third kappa shape index (κ3) is 4.38. The van der Waals surface area contributed by atoms with E-state index in [0.29, 0.717) is 18.6 Å². The number of Topliss-reactive ketones (excluding diaryl/α,β-unsaturated/α-hetero) is 1. The van der Waals surface area contributed by atoms with Crippen molar-refractivity contribution in [3.8, 4) is 0 Å². The van der Waals surface area contributed by atoms with Crippen LogP contribution < -0.4 is 5.32 Å². The highest BCUT2D eigenvalue weighted by molar-refractivity contribution is 7.99. The van der Waals surface area contributed by atoms with Gasteiger partial charge in [0.2, 0.25) is 0 Å². The first-order chi connectivity index (χ1) is 13.2. The molecule has 0 aromatic carbocycles. The Hall–Kier alpha value is -1.53. The van der Waals surface area contributed by atoms with Gasteiger partial charge in [0.25, 0.3) is 0 Å². The second kappa shape index (κ2) is 8.46. The molecule has 0 saturated heterocycles. The molecule has 0 spiro atoms. The number of thiophene rings is 1. The van der Waals surface area contributed by atoms with Crippen LogP contribution in [0, 0.1) is 12.3 Å².